The summed E-state index contributed by atoms with van der Waals surface area (Å²) in [4.78, 5) is 24.7. The van der Waals surface area contributed by atoms with Crippen LogP contribution in [0.25, 0.3) is 0 Å². The number of ketones is 2. The van der Waals surface area contributed by atoms with Crippen LogP contribution in [0.4, 0.5) is 0 Å². The van der Waals surface area contributed by atoms with Gasteiger partial charge in [0, 0.05) is 11.1 Å². The molecule has 2 nitrogen and oxygen atoms in total. The molecule has 4 heteroatoms. The molecular formula is C15H10Br2O2. The average Bonchev–Trinajstić information content (AvgIpc) is 2.47. The summed E-state index contributed by atoms with van der Waals surface area (Å²) in [6, 6.07) is 17.4. The summed E-state index contributed by atoms with van der Waals surface area (Å²) < 4.78 is -1.43. The molecule has 0 bridgehead atoms. The quantitative estimate of drug-likeness (QED) is 0.451. The van der Waals surface area contributed by atoms with Gasteiger partial charge in [-0.2, -0.15) is 0 Å². The van der Waals surface area contributed by atoms with E-state index in [1.165, 1.54) is 0 Å². The topological polar surface area (TPSA) is 34.1 Å². The van der Waals surface area contributed by atoms with E-state index in [-0.39, 0.29) is 11.6 Å². The zero-order valence-electron chi connectivity index (χ0n) is 9.85. The summed E-state index contributed by atoms with van der Waals surface area (Å²) in [5.74, 6) is -0.635. The first-order valence-corrected chi connectivity index (χ1v) is 7.19. The van der Waals surface area contributed by atoms with Crippen molar-refractivity contribution in [1.29, 1.82) is 0 Å². The lowest BCUT2D eigenvalue weighted by Gasteiger charge is -2.17. The fraction of sp³-hybridized carbons (Fsp3) is 0.0667. The second-order valence-corrected chi connectivity index (χ2v) is 7.41. The Bertz CT molecular complexity index is 539. The fourth-order valence-corrected chi connectivity index (χ4v) is 2.56. The highest BCUT2D eigenvalue weighted by Crippen LogP contribution is 2.34. The van der Waals surface area contributed by atoms with Gasteiger partial charge in [-0.05, 0) is 0 Å². The van der Waals surface area contributed by atoms with Gasteiger partial charge in [0.05, 0.1) is 0 Å². The van der Waals surface area contributed by atoms with E-state index in [4.69, 9.17) is 0 Å². The van der Waals surface area contributed by atoms with Gasteiger partial charge in [-0.15, -0.1) is 0 Å². The van der Waals surface area contributed by atoms with Crippen LogP contribution in [0.2, 0.25) is 0 Å². The highest BCUT2D eigenvalue weighted by Gasteiger charge is 2.41. The molecule has 0 amide bonds. The van der Waals surface area contributed by atoms with E-state index < -0.39 is 3.23 Å². The Labute approximate surface area is 128 Å². The van der Waals surface area contributed by atoms with Crippen molar-refractivity contribution in [1.82, 2.24) is 0 Å². The van der Waals surface area contributed by atoms with Crippen molar-refractivity contribution in [3.8, 4) is 0 Å². The van der Waals surface area contributed by atoms with Crippen LogP contribution in [0.15, 0.2) is 60.7 Å². The number of carbonyl (C=O) groups excluding carboxylic acids is 2. The van der Waals surface area contributed by atoms with Gasteiger partial charge in [0.1, 0.15) is 0 Å². The number of hydrogen-bond donors (Lipinski definition) is 0. The third kappa shape index (κ3) is 3.01. The Morgan fingerprint density at radius 1 is 0.684 bits per heavy atom. The second-order valence-electron chi connectivity index (χ2n) is 3.96. The van der Waals surface area contributed by atoms with Crippen molar-refractivity contribution >= 4 is 43.4 Å². The standard InChI is InChI=1S/C15H10Br2O2/c16-15(17,13(18)11-7-3-1-4-8-11)14(19)12-9-5-2-6-10-12/h1-10H. The molecule has 0 heterocycles. The molecule has 0 unspecified atom stereocenters. The summed E-state index contributed by atoms with van der Waals surface area (Å²) in [6.07, 6.45) is 0. The van der Waals surface area contributed by atoms with Gasteiger partial charge in [0.2, 0.25) is 3.23 Å². The van der Waals surface area contributed by atoms with Crippen LogP contribution in [-0.2, 0) is 0 Å². The van der Waals surface area contributed by atoms with Crippen molar-refractivity contribution in [3.05, 3.63) is 71.8 Å². The normalized spacial score (nSPS) is 11.1. The summed E-state index contributed by atoms with van der Waals surface area (Å²) in [5.41, 5.74) is 0.945. The number of halogens is 2. The summed E-state index contributed by atoms with van der Waals surface area (Å²) in [5, 5.41) is 0. The number of hydrogen-bond acceptors (Lipinski definition) is 2. The van der Waals surface area contributed by atoms with Crippen LogP contribution < -0.4 is 0 Å². The molecule has 0 aliphatic carbocycles. The Hall–Kier alpha value is -1.26. The monoisotopic (exact) mass is 380 g/mol. The van der Waals surface area contributed by atoms with Crippen LogP contribution in [0.5, 0.6) is 0 Å². The molecule has 2 rings (SSSR count). The lowest BCUT2D eigenvalue weighted by atomic mass is 10.0. The minimum Gasteiger partial charge on any atom is -0.291 e. The number of Topliss-reactive ketones (excluding diaryl/α,β-unsaturated/α-hetero) is 2. The number of carbonyl (C=O) groups is 2. The molecule has 0 fully saturated rings. The van der Waals surface area contributed by atoms with Crippen LogP contribution in [0, 0.1) is 0 Å². The number of rotatable bonds is 4. The molecule has 19 heavy (non-hydrogen) atoms. The summed E-state index contributed by atoms with van der Waals surface area (Å²) in [6.45, 7) is 0. The predicted octanol–water partition coefficient (Wildman–Crippen LogP) is 4.24. The zero-order chi connectivity index (χ0) is 13.9. The molecule has 0 aromatic heterocycles. The molecule has 0 saturated heterocycles. The van der Waals surface area contributed by atoms with E-state index >= 15 is 0 Å². The van der Waals surface area contributed by atoms with Gasteiger partial charge < -0.3 is 0 Å². The molecule has 2 aromatic rings. The minimum atomic E-state index is -1.43. The van der Waals surface area contributed by atoms with E-state index in [9.17, 15) is 9.59 Å². The zero-order valence-corrected chi connectivity index (χ0v) is 13.0. The molecule has 0 N–H and O–H groups in total. The third-order valence-corrected chi connectivity index (χ3v) is 4.08. The first-order valence-electron chi connectivity index (χ1n) is 5.61. The van der Waals surface area contributed by atoms with Crippen LogP contribution >= 0.6 is 31.9 Å². The van der Waals surface area contributed by atoms with E-state index in [0.29, 0.717) is 11.1 Å². The molecule has 2 aromatic carbocycles. The Morgan fingerprint density at radius 2 is 1.00 bits per heavy atom. The van der Waals surface area contributed by atoms with Gasteiger partial charge in [0.25, 0.3) is 0 Å². The minimum absolute atomic E-state index is 0.318. The Balaban J connectivity index is 2.33. The average molecular weight is 382 g/mol. The largest absolute Gasteiger partial charge is 0.291 e. The van der Waals surface area contributed by atoms with E-state index in [2.05, 4.69) is 31.9 Å². The molecule has 0 aliphatic rings. The number of alkyl halides is 2. The summed E-state index contributed by atoms with van der Waals surface area (Å²) >= 11 is 6.41. The van der Waals surface area contributed by atoms with Crippen molar-refractivity contribution in [2.24, 2.45) is 0 Å². The van der Waals surface area contributed by atoms with E-state index in [1.54, 1.807) is 48.5 Å². The van der Waals surface area contributed by atoms with Gasteiger partial charge >= 0.3 is 0 Å². The molecular weight excluding hydrogens is 372 g/mol. The van der Waals surface area contributed by atoms with Crippen molar-refractivity contribution in [2.75, 3.05) is 0 Å². The maximum atomic E-state index is 12.4. The Morgan fingerprint density at radius 3 is 1.32 bits per heavy atom. The van der Waals surface area contributed by atoms with E-state index in [0.717, 1.165) is 0 Å². The molecule has 0 atom stereocenters. The first-order chi connectivity index (χ1) is 9.03. The van der Waals surface area contributed by atoms with Crippen LogP contribution in [0.3, 0.4) is 0 Å². The maximum Gasteiger partial charge on any atom is 0.205 e. The van der Waals surface area contributed by atoms with Gasteiger partial charge in [0.15, 0.2) is 11.6 Å². The molecule has 96 valence electrons. The molecule has 0 saturated carbocycles. The van der Waals surface area contributed by atoms with Gasteiger partial charge in [-0.3, -0.25) is 9.59 Å². The number of benzene rings is 2. The van der Waals surface area contributed by atoms with Crippen LogP contribution in [0.1, 0.15) is 20.7 Å². The highest BCUT2D eigenvalue weighted by molar-refractivity contribution is 9.26. The predicted molar refractivity (Wildman–Crippen MR) is 82.1 cm³/mol. The van der Waals surface area contributed by atoms with Crippen molar-refractivity contribution < 1.29 is 9.59 Å². The molecule has 0 radical (unpaired) electrons. The van der Waals surface area contributed by atoms with Crippen molar-refractivity contribution in [3.63, 3.8) is 0 Å². The van der Waals surface area contributed by atoms with Gasteiger partial charge in [-0.25, -0.2) is 0 Å². The van der Waals surface area contributed by atoms with E-state index in [1.807, 2.05) is 12.1 Å². The first kappa shape index (κ1) is 14.2. The second kappa shape index (κ2) is 5.80. The molecule has 0 spiro atoms. The SMILES string of the molecule is O=C(c1ccccc1)C(Br)(Br)C(=O)c1ccccc1. The third-order valence-electron chi connectivity index (χ3n) is 2.64. The van der Waals surface area contributed by atoms with Crippen LogP contribution in [-0.4, -0.2) is 14.8 Å². The smallest absolute Gasteiger partial charge is 0.205 e. The maximum absolute atomic E-state index is 12.4. The Kier molecular flexibility index (Phi) is 4.32. The fourth-order valence-electron chi connectivity index (χ4n) is 1.64. The highest BCUT2D eigenvalue weighted by atomic mass is 79.9. The van der Waals surface area contributed by atoms with Crippen molar-refractivity contribution in [2.45, 2.75) is 3.23 Å². The molecule has 0 aliphatic heterocycles. The lowest BCUT2D eigenvalue weighted by molar-refractivity contribution is 0.0894. The van der Waals surface area contributed by atoms with Gasteiger partial charge in [-0.1, -0.05) is 92.5 Å². The lowest BCUT2D eigenvalue weighted by Crippen LogP contribution is -2.34. The summed E-state index contributed by atoms with van der Waals surface area (Å²) in [7, 11) is 0.